The molecule has 0 aliphatic heterocycles. The van der Waals surface area contributed by atoms with E-state index >= 15 is 0 Å². The third-order valence-electron chi connectivity index (χ3n) is 2.41. The third kappa shape index (κ3) is 2.95. The van der Waals surface area contributed by atoms with Crippen LogP contribution in [0.15, 0.2) is 41.8 Å². The molecule has 0 atom stereocenters. The summed E-state index contributed by atoms with van der Waals surface area (Å²) in [4.78, 5) is 23.4. The fraction of sp³-hybridized carbons (Fsp3) is 0.0769. The van der Waals surface area contributed by atoms with Gasteiger partial charge < -0.3 is 11.1 Å². The fourth-order valence-corrected chi connectivity index (χ4v) is 2.15. The summed E-state index contributed by atoms with van der Waals surface area (Å²) in [5, 5.41) is 4.64. The lowest BCUT2D eigenvalue weighted by Crippen LogP contribution is -2.22. The zero-order valence-electron chi connectivity index (χ0n) is 9.55. The molecule has 0 fully saturated rings. The molecule has 0 radical (unpaired) electrons. The van der Waals surface area contributed by atoms with E-state index in [1.54, 1.807) is 24.3 Å². The first-order valence-electron chi connectivity index (χ1n) is 5.37. The van der Waals surface area contributed by atoms with Crippen LogP contribution in [-0.4, -0.2) is 11.8 Å². The van der Waals surface area contributed by atoms with Crippen molar-refractivity contribution in [2.75, 3.05) is 0 Å². The number of hydrogen-bond acceptors (Lipinski definition) is 3. The molecule has 1 aromatic heterocycles. The number of primary amides is 1. The predicted molar refractivity (Wildman–Crippen MR) is 70.4 cm³/mol. The van der Waals surface area contributed by atoms with Crippen molar-refractivity contribution in [1.29, 1.82) is 0 Å². The number of carbonyl (C=O) groups excluding carboxylic acids is 2. The molecule has 0 aliphatic rings. The summed E-state index contributed by atoms with van der Waals surface area (Å²) >= 11 is 1.39. The normalized spacial score (nSPS) is 10.0. The van der Waals surface area contributed by atoms with Crippen molar-refractivity contribution in [3.8, 4) is 0 Å². The summed E-state index contributed by atoms with van der Waals surface area (Å²) in [6.07, 6.45) is 0. The minimum absolute atomic E-state index is 0.116. The smallest absolute Gasteiger partial charge is 0.261 e. The maximum atomic E-state index is 11.7. The lowest BCUT2D eigenvalue weighted by molar-refractivity contribution is 0.0954. The first-order valence-corrected chi connectivity index (χ1v) is 6.25. The zero-order chi connectivity index (χ0) is 13.0. The molecule has 0 saturated heterocycles. The van der Waals surface area contributed by atoms with Gasteiger partial charge in [-0.1, -0.05) is 18.2 Å². The second kappa shape index (κ2) is 5.46. The largest absolute Gasteiger partial charge is 0.366 e. The number of nitrogens with two attached hydrogens (primary N) is 1. The molecule has 4 nitrogen and oxygen atoms in total. The van der Waals surface area contributed by atoms with Crippen LogP contribution in [0, 0.1) is 0 Å². The standard InChI is InChI=1S/C13H12N2O2S/c14-12(16)10-4-1-3-9(7-10)8-15-13(17)11-5-2-6-18-11/h1-7H,8H2,(H2,14,16)(H,15,17). The molecule has 5 heteroatoms. The highest BCUT2D eigenvalue weighted by Crippen LogP contribution is 2.09. The Balaban J connectivity index is 2.00. The van der Waals surface area contributed by atoms with Crippen LogP contribution in [0.25, 0.3) is 0 Å². The Labute approximate surface area is 108 Å². The van der Waals surface area contributed by atoms with Crippen LogP contribution >= 0.6 is 11.3 Å². The van der Waals surface area contributed by atoms with Gasteiger partial charge in [-0.3, -0.25) is 9.59 Å². The fourth-order valence-electron chi connectivity index (χ4n) is 1.51. The Morgan fingerprint density at radius 2 is 2.06 bits per heavy atom. The maximum Gasteiger partial charge on any atom is 0.261 e. The van der Waals surface area contributed by atoms with Crippen molar-refractivity contribution in [2.24, 2.45) is 5.73 Å². The van der Waals surface area contributed by atoms with Gasteiger partial charge in [0.15, 0.2) is 0 Å². The summed E-state index contributed by atoms with van der Waals surface area (Å²) < 4.78 is 0. The van der Waals surface area contributed by atoms with Gasteiger partial charge in [-0.2, -0.15) is 0 Å². The summed E-state index contributed by atoms with van der Waals surface area (Å²) in [7, 11) is 0. The molecule has 3 N–H and O–H groups in total. The van der Waals surface area contributed by atoms with Crippen LogP contribution in [0.4, 0.5) is 0 Å². The van der Waals surface area contributed by atoms with Crippen LogP contribution in [0.5, 0.6) is 0 Å². The molecule has 92 valence electrons. The Kier molecular flexibility index (Phi) is 3.74. The van der Waals surface area contributed by atoms with Crippen LogP contribution in [0.2, 0.25) is 0 Å². The van der Waals surface area contributed by atoms with Crippen molar-refractivity contribution in [1.82, 2.24) is 5.32 Å². The lowest BCUT2D eigenvalue weighted by Gasteiger charge is -2.05. The molecule has 0 aliphatic carbocycles. The molecule has 2 rings (SSSR count). The first kappa shape index (κ1) is 12.3. The Hall–Kier alpha value is -2.14. The van der Waals surface area contributed by atoms with Crippen LogP contribution in [0.3, 0.4) is 0 Å². The molecule has 2 amide bonds. The van der Waals surface area contributed by atoms with Gasteiger partial charge in [-0.15, -0.1) is 11.3 Å². The highest BCUT2D eigenvalue weighted by atomic mass is 32.1. The highest BCUT2D eigenvalue weighted by molar-refractivity contribution is 7.12. The molecular weight excluding hydrogens is 248 g/mol. The minimum atomic E-state index is -0.471. The minimum Gasteiger partial charge on any atom is -0.366 e. The highest BCUT2D eigenvalue weighted by Gasteiger charge is 2.06. The summed E-state index contributed by atoms with van der Waals surface area (Å²) in [5.41, 5.74) is 6.48. The van der Waals surface area contributed by atoms with Crippen LogP contribution in [0.1, 0.15) is 25.6 Å². The molecule has 0 saturated carbocycles. The Bertz CT molecular complexity index is 564. The average Bonchev–Trinajstić information content (AvgIpc) is 2.90. The van der Waals surface area contributed by atoms with E-state index < -0.39 is 5.91 Å². The number of nitrogens with one attached hydrogen (secondary N) is 1. The SMILES string of the molecule is NC(=O)c1cccc(CNC(=O)c2cccs2)c1. The zero-order valence-corrected chi connectivity index (χ0v) is 10.4. The molecule has 2 aromatic rings. The molecule has 0 spiro atoms. The average molecular weight is 260 g/mol. The molecule has 0 unspecified atom stereocenters. The molecular formula is C13H12N2O2S. The van der Waals surface area contributed by atoms with E-state index in [0.29, 0.717) is 17.0 Å². The third-order valence-corrected chi connectivity index (χ3v) is 3.28. The second-order valence-corrected chi connectivity index (χ2v) is 4.67. The van der Waals surface area contributed by atoms with E-state index in [4.69, 9.17) is 5.73 Å². The van der Waals surface area contributed by atoms with E-state index in [-0.39, 0.29) is 5.91 Å². The monoisotopic (exact) mass is 260 g/mol. The van der Waals surface area contributed by atoms with E-state index in [2.05, 4.69) is 5.32 Å². The van der Waals surface area contributed by atoms with Crippen molar-refractivity contribution >= 4 is 23.2 Å². The number of thiophene rings is 1. The molecule has 1 aromatic carbocycles. The summed E-state index contributed by atoms with van der Waals surface area (Å²) in [6.45, 7) is 0.373. The van der Waals surface area contributed by atoms with Crippen molar-refractivity contribution in [3.63, 3.8) is 0 Å². The van der Waals surface area contributed by atoms with Crippen LogP contribution in [-0.2, 0) is 6.54 Å². The number of carbonyl (C=O) groups is 2. The van der Waals surface area contributed by atoms with Crippen LogP contribution < -0.4 is 11.1 Å². The number of amides is 2. The number of hydrogen-bond donors (Lipinski definition) is 2. The summed E-state index contributed by atoms with van der Waals surface area (Å²) in [6, 6.07) is 10.5. The van der Waals surface area contributed by atoms with Crippen molar-refractivity contribution in [2.45, 2.75) is 6.54 Å². The van der Waals surface area contributed by atoms with Crippen molar-refractivity contribution in [3.05, 3.63) is 57.8 Å². The second-order valence-electron chi connectivity index (χ2n) is 3.72. The van der Waals surface area contributed by atoms with Gasteiger partial charge >= 0.3 is 0 Å². The van der Waals surface area contributed by atoms with E-state index in [9.17, 15) is 9.59 Å². The van der Waals surface area contributed by atoms with Gasteiger partial charge in [0.05, 0.1) is 4.88 Å². The molecule has 0 bridgehead atoms. The molecule has 1 heterocycles. The Morgan fingerprint density at radius 1 is 1.22 bits per heavy atom. The van der Waals surface area contributed by atoms with E-state index in [1.165, 1.54) is 11.3 Å². The van der Waals surface area contributed by atoms with Gasteiger partial charge in [-0.05, 0) is 29.1 Å². The number of benzene rings is 1. The van der Waals surface area contributed by atoms with E-state index in [1.807, 2.05) is 17.5 Å². The molecule has 18 heavy (non-hydrogen) atoms. The van der Waals surface area contributed by atoms with Gasteiger partial charge in [0.2, 0.25) is 5.91 Å². The first-order chi connectivity index (χ1) is 8.66. The van der Waals surface area contributed by atoms with Gasteiger partial charge in [-0.25, -0.2) is 0 Å². The Morgan fingerprint density at radius 3 is 2.72 bits per heavy atom. The summed E-state index contributed by atoms with van der Waals surface area (Å²) in [5.74, 6) is -0.587. The predicted octanol–water partition coefficient (Wildman–Crippen LogP) is 1.78. The topological polar surface area (TPSA) is 72.2 Å². The van der Waals surface area contributed by atoms with Crippen molar-refractivity contribution < 1.29 is 9.59 Å². The van der Waals surface area contributed by atoms with Gasteiger partial charge in [0, 0.05) is 12.1 Å². The number of rotatable bonds is 4. The lowest BCUT2D eigenvalue weighted by atomic mass is 10.1. The quantitative estimate of drug-likeness (QED) is 0.879. The van der Waals surface area contributed by atoms with Gasteiger partial charge in [0.1, 0.15) is 0 Å². The van der Waals surface area contributed by atoms with Gasteiger partial charge in [0.25, 0.3) is 5.91 Å². The maximum absolute atomic E-state index is 11.7. The van der Waals surface area contributed by atoms with E-state index in [0.717, 1.165) is 5.56 Å².